The Morgan fingerprint density at radius 1 is 1.16 bits per heavy atom. The van der Waals surface area contributed by atoms with Crippen LogP contribution in [0.1, 0.15) is 28.1 Å². The lowest BCUT2D eigenvalue weighted by Gasteiger charge is -2.25. The minimum atomic E-state index is -0.362. The Balaban J connectivity index is 1.21. The number of carbonyl (C=O) groups excluding carboxylic acids is 2. The highest BCUT2D eigenvalue weighted by Gasteiger charge is 2.35. The first-order valence-electron chi connectivity index (χ1n) is 11.0. The highest BCUT2D eigenvalue weighted by Crippen LogP contribution is 2.31. The van der Waals surface area contributed by atoms with Gasteiger partial charge in [-0.05, 0) is 24.6 Å². The molecule has 32 heavy (non-hydrogen) atoms. The number of amides is 2. The van der Waals surface area contributed by atoms with E-state index in [1.807, 2.05) is 37.3 Å². The summed E-state index contributed by atoms with van der Waals surface area (Å²) >= 11 is 1.55. The SMILES string of the molecule is Cc1ccc(N2C[C@@H](C(=O)Nc3nc4c(s3)CN(Cc3ccccc3)CC4)CC2=O)cc1. The van der Waals surface area contributed by atoms with E-state index in [0.29, 0.717) is 11.7 Å². The number of anilines is 2. The summed E-state index contributed by atoms with van der Waals surface area (Å²) in [5.74, 6) is -0.497. The zero-order valence-corrected chi connectivity index (χ0v) is 18.9. The van der Waals surface area contributed by atoms with Gasteiger partial charge in [-0.25, -0.2) is 4.98 Å². The summed E-state index contributed by atoms with van der Waals surface area (Å²) in [4.78, 5) is 35.4. The smallest absolute Gasteiger partial charge is 0.231 e. The lowest BCUT2D eigenvalue weighted by Crippen LogP contribution is -2.29. The molecule has 6 nitrogen and oxygen atoms in total. The van der Waals surface area contributed by atoms with E-state index in [0.717, 1.165) is 43.0 Å². The van der Waals surface area contributed by atoms with Crippen molar-refractivity contribution in [2.24, 2.45) is 5.92 Å². The summed E-state index contributed by atoms with van der Waals surface area (Å²) in [5.41, 5.74) is 4.38. The van der Waals surface area contributed by atoms with Gasteiger partial charge >= 0.3 is 0 Å². The Bertz CT molecular complexity index is 1130. The van der Waals surface area contributed by atoms with E-state index in [4.69, 9.17) is 0 Å². The van der Waals surface area contributed by atoms with Gasteiger partial charge in [0.2, 0.25) is 11.8 Å². The standard InChI is InChI=1S/C25H26N4O2S/c1-17-7-9-20(10-8-17)29-15-19(13-23(29)30)24(31)27-25-26-21-11-12-28(16-22(21)32-25)14-18-5-3-2-4-6-18/h2-10,19H,11-16H2,1H3,(H,26,27,31)/t19-/m0/s1. The quantitative estimate of drug-likeness (QED) is 0.643. The molecule has 0 aliphatic carbocycles. The predicted octanol–water partition coefficient (Wildman–Crippen LogP) is 4.00. The molecule has 0 saturated carbocycles. The van der Waals surface area contributed by atoms with Gasteiger partial charge in [-0.15, -0.1) is 11.3 Å². The molecule has 1 N–H and O–H groups in total. The number of aromatic nitrogens is 1. The molecule has 5 rings (SSSR count). The molecule has 2 amide bonds. The molecule has 0 bridgehead atoms. The topological polar surface area (TPSA) is 65.5 Å². The third-order valence-electron chi connectivity index (χ3n) is 6.13. The molecular formula is C25H26N4O2S. The van der Waals surface area contributed by atoms with Crippen LogP contribution in [-0.2, 0) is 29.1 Å². The average molecular weight is 447 g/mol. The van der Waals surface area contributed by atoms with Crippen LogP contribution in [0.5, 0.6) is 0 Å². The first-order chi connectivity index (χ1) is 15.5. The summed E-state index contributed by atoms with van der Waals surface area (Å²) in [5, 5.41) is 3.62. The van der Waals surface area contributed by atoms with Crippen LogP contribution in [-0.4, -0.2) is 34.8 Å². The van der Waals surface area contributed by atoms with Crippen molar-refractivity contribution in [3.8, 4) is 0 Å². The highest BCUT2D eigenvalue weighted by molar-refractivity contribution is 7.15. The second kappa shape index (κ2) is 8.84. The van der Waals surface area contributed by atoms with Crippen molar-refractivity contribution in [2.75, 3.05) is 23.3 Å². The molecule has 2 aromatic carbocycles. The molecule has 2 aliphatic heterocycles. The molecule has 7 heteroatoms. The average Bonchev–Trinajstić information content (AvgIpc) is 3.37. The van der Waals surface area contributed by atoms with Gasteiger partial charge in [-0.1, -0.05) is 48.0 Å². The third-order valence-corrected chi connectivity index (χ3v) is 7.13. The molecule has 3 heterocycles. The Hall–Kier alpha value is -3.03. The van der Waals surface area contributed by atoms with Gasteiger partial charge in [-0.3, -0.25) is 14.5 Å². The van der Waals surface area contributed by atoms with Gasteiger partial charge in [0.1, 0.15) is 0 Å². The Labute approximate surface area is 191 Å². The number of hydrogen-bond donors (Lipinski definition) is 1. The van der Waals surface area contributed by atoms with Crippen molar-refractivity contribution in [3.63, 3.8) is 0 Å². The van der Waals surface area contributed by atoms with Gasteiger partial charge in [0.25, 0.3) is 0 Å². The van der Waals surface area contributed by atoms with Crippen LogP contribution >= 0.6 is 11.3 Å². The van der Waals surface area contributed by atoms with Gasteiger partial charge in [-0.2, -0.15) is 0 Å². The fourth-order valence-corrected chi connectivity index (χ4v) is 5.40. The number of rotatable bonds is 5. The summed E-state index contributed by atoms with van der Waals surface area (Å²) in [6.45, 7) is 5.14. The molecule has 1 aromatic heterocycles. The number of nitrogens with one attached hydrogen (secondary N) is 1. The van der Waals surface area contributed by atoms with E-state index in [-0.39, 0.29) is 24.2 Å². The number of fused-ring (bicyclic) bond motifs is 1. The summed E-state index contributed by atoms with van der Waals surface area (Å²) < 4.78 is 0. The van der Waals surface area contributed by atoms with Gasteiger partial charge in [0.05, 0.1) is 11.6 Å². The van der Waals surface area contributed by atoms with E-state index in [2.05, 4.69) is 39.5 Å². The Kier molecular flexibility index (Phi) is 5.76. The molecule has 0 spiro atoms. The fourth-order valence-electron chi connectivity index (χ4n) is 4.34. The van der Waals surface area contributed by atoms with E-state index in [9.17, 15) is 9.59 Å². The van der Waals surface area contributed by atoms with E-state index < -0.39 is 0 Å². The predicted molar refractivity (Wildman–Crippen MR) is 127 cm³/mol. The molecule has 0 unspecified atom stereocenters. The number of hydrogen-bond acceptors (Lipinski definition) is 5. The number of nitrogens with zero attached hydrogens (tertiary/aromatic N) is 3. The first kappa shape index (κ1) is 20.8. The normalized spacial score (nSPS) is 18.6. The fraction of sp³-hybridized carbons (Fsp3) is 0.320. The van der Waals surface area contributed by atoms with Crippen molar-refractivity contribution in [3.05, 3.63) is 76.3 Å². The van der Waals surface area contributed by atoms with Crippen LogP contribution in [0.2, 0.25) is 0 Å². The lowest BCUT2D eigenvalue weighted by atomic mass is 10.1. The minimum absolute atomic E-state index is 0.0102. The Morgan fingerprint density at radius 2 is 1.94 bits per heavy atom. The minimum Gasteiger partial charge on any atom is -0.312 e. The molecule has 1 atom stereocenters. The second-order valence-electron chi connectivity index (χ2n) is 8.57. The van der Waals surface area contributed by atoms with Crippen molar-refractivity contribution in [2.45, 2.75) is 32.9 Å². The van der Waals surface area contributed by atoms with Crippen LogP contribution in [0.15, 0.2) is 54.6 Å². The van der Waals surface area contributed by atoms with Crippen molar-refractivity contribution in [1.29, 1.82) is 0 Å². The Morgan fingerprint density at radius 3 is 2.72 bits per heavy atom. The maximum absolute atomic E-state index is 12.9. The zero-order valence-electron chi connectivity index (χ0n) is 18.1. The van der Waals surface area contributed by atoms with Crippen LogP contribution < -0.4 is 10.2 Å². The van der Waals surface area contributed by atoms with Gasteiger partial charge in [0.15, 0.2) is 5.13 Å². The van der Waals surface area contributed by atoms with Crippen molar-refractivity contribution < 1.29 is 9.59 Å². The molecule has 0 radical (unpaired) electrons. The van der Waals surface area contributed by atoms with Gasteiger partial charge in [0, 0.05) is 49.6 Å². The molecular weight excluding hydrogens is 420 g/mol. The first-order valence-corrected chi connectivity index (χ1v) is 11.8. The zero-order chi connectivity index (χ0) is 22.1. The highest BCUT2D eigenvalue weighted by atomic mass is 32.1. The largest absolute Gasteiger partial charge is 0.312 e. The van der Waals surface area contributed by atoms with Crippen LogP contribution in [0.3, 0.4) is 0 Å². The van der Waals surface area contributed by atoms with Crippen LogP contribution in [0.25, 0.3) is 0 Å². The molecule has 164 valence electrons. The van der Waals surface area contributed by atoms with E-state index in [1.54, 1.807) is 16.2 Å². The third kappa shape index (κ3) is 4.45. The molecule has 3 aromatic rings. The molecule has 2 aliphatic rings. The van der Waals surface area contributed by atoms with Gasteiger partial charge < -0.3 is 10.2 Å². The maximum Gasteiger partial charge on any atom is 0.231 e. The number of carbonyl (C=O) groups is 2. The summed E-state index contributed by atoms with van der Waals surface area (Å²) in [6, 6.07) is 18.3. The van der Waals surface area contributed by atoms with Crippen LogP contribution in [0.4, 0.5) is 10.8 Å². The molecule has 1 saturated heterocycles. The maximum atomic E-state index is 12.9. The summed E-state index contributed by atoms with van der Waals surface area (Å²) in [6.07, 6.45) is 1.12. The second-order valence-corrected chi connectivity index (χ2v) is 9.65. The van der Waals surface area contributed by atoms with Crippen LogP contribution in [0, 0.1) is 12.8 Å². The lowest BCUT2D eigenvalue weighted by molar-refractivity contribution is -0.122. The monoisotopic (exact) mass is 446 g/mol. The van der Waals surface area contributed by atoms with Crippen molar-refractivity contribution in [1.82, 2.24) is 9.88 Å². The summed E-state index contributed by atoms with van der Waals surface area (Å²) in [7, 11) is 0. The number of aryl methyl sites for hydroxylation is 1. The van der Waals surface area contributed by atoms with E-state index in [1.165, 1.54) is 10.4 Å². The number of thiazole rings is 1. The number of benzene rings is 2. The van der Waals surface area contributed by atoms with E-state index >= 15 is 0 Å². The molecule has 1 fully saturated rings. The van der Waals surface area contributed by atoms with Crippen molar-refractivity contribution >= 4 is 34.0 Å².